The molecule has 1 aliphatic heterocycles. The van der Waals surface area contributed by atoms with Crippen LogP contribution in [0.3, 0.4) is 0 Å². The topological polar surface area (TPSA) is 74.7 Å². The first-order valence-corrected chi connectivity index (χ1v) is 5.54. The number of hydrogen-bond acceptors (Lipinski definition) is 3. The number of benzene rings is 1. The van der Waals surface area contributed by atoms with Gasteiger partial charge in [-0.05, 0) is 18.2 Å². The largest absolute Gasteiger partial charge is 0.478 e. The van der Waals surface area contributed by atoms with Crippen molar-refractivity contribution in [3.05, 3.63) is 29.8 Å². The van der Waals surface area contributed by atoms with E-state index < -0.39 is 11.4 Å². The highest BCUT2D eigenvalue weighted by atomic mass is 16.4. The fourth-order valence-electron chi connectivity index (χ4n) is 1.99. The average Bonchev–Trinajstić information content (AvgIpc) is 2.48. The molecule has 0 aromatic heterocycles. The number of aromatic carboxylic acids is 1. The molecule has 1 heterocycles. The SMILES string of the molecule is CC1(C)CC(=O)N(c2cccc(C(=O)O)c2)C1=O. The van der Waals surface area contributed by atoms with E-state index in [1.54, 1.807) is 19.9 Å². The highest BCUT2D eigenvalue weighted by Crippen LogP contribution is 2.35. The third-order valence-electron chi connectivity index (χ3n) is 2.98. The summed E-state index contributed by atoms with van der Waals surface area (Å²) < 4.78 is 0. The maximum atomic E-state index is 12.1. The second kappa shape index (κ2) is 3.94. The van der Waals surface area contributed by atoms with E-state index in [-0.39, 0.29) is 23.8 Å². The van der Waals surface area contributed by atoms with Crippen molar-refractivity contribution in [2.75, 3.05) is 4.90 Å². The number of carboxylic acids is 1. The van der Waals surface area contributed by atoms with Gasteiger partial charge in [0.15, 0.2) is 0 Å². The van der Waals surface area contributed by atoms with Crippen LogP contribution in [0, 0.1) is 5.41 Å². The predicted octanol–water partition coefficient (Wildman–Crippen LogP) is 1.67. The molecule has 0 bridgehead atoms. The molecule has 94 valence electrons. The first kappa shape index (κ1) is 12.3. The standard InChI is InChI=1S/C13H13NO4/c1-13(2)7-10(15)14(12(13)18)9-5-3-4-8(6-9)11(16)17/h3-6H,7H2,1-2H3,(H,16,17). The summed E-state index contributed by atoms with van der Waals surface area (Å²) in [4.78, 5) is 35.8. The van der Waals surface area contributed by atoms with Crippen LogP contribution in [0.5, 0.6) is 0 Å². The van der Waals surface area contributed by atoms with Crippen molar-refractivity contribution in [2.45, 2.75) is 20.3 Å². The molecular formula is C13H13NO4. The van der Waals surface area contributed by atoms with E-state index in [9.17, 15) is 14.4 Å². The number of nitrogens with zero attached hydrogens (tertiary/aromatic N) is 1. The zero-order chi connectivity index (χ0) is 13.5. The Labute approximate surface area is 104 Å². The Hall–Kier alpha value is -2.17. The van der Waals surface area contributed by atoms with Gasteiger partial charge in [-0.3, -0.25) is 14.5 Å². The quantitative estimate of drug-likeness (QED) is 0.807. The first-order chi connectivity index (χ1) is 8.33. The summed E-state index contributed by atoms with van der Waals surface area (Å²) in [5, 5.41) is 8.90. The Kier molecular flexibility index (Phi) is 2.69. The Morgan fingerprint density at radius 1 is 1.33 bits per heavy atom. The summed E-state index contributed by atoms with van der Waals surface area (Å²) in [5.41, 5.74) is -0.357. The second-order valence-electron chi connectivity index (χ2n) is 4.95. The van der Waals surface area contributed by atoms with Gasteiger partial charge in [-0.2, -0.15) is 0 Å². The predicted molar refractivity (Wildman–Crippen MR) is 64.3 cm³/mol. The van der Waals surface area contributed by atoms with Crippen molar-refractivity contribution in [1.82, 2.24) is 0 Å². The van der Waals surface area contributed by atoms with Gasteiger partial charge in [-0.15, -0.1) is 0 Å². The number of carbonyl (C=O) groups excluding carboxylic acids is 2. The van der Waals surface area contributed by atoms with Crippen LogP contribution in [0.4, 0.5) is 5.69 Å². The summed E-state index contributed by atoms with van der Waals surface area (Å²) >= 11 is 0. The lowest BCUT2D eigenvalue weighted by Gasteiger charge is -2.18. The summed E-state index contributed by atoms with van der Waals surface area (Å²) in [7, 11) is 0. The van der Waals surface area contributed by atoms with Gasteiger partial charge >= 0.3 is 5.97 Å². The Morgan fingerprint density at radius 3 is 2.50 bits per heavy atom. The van der Waals surface area contributed by atoms with Gasteiger partial charge in [-0.1, -0.05) is 19.9 Å². The number of anilines is 1. The molecule has 5 heteroatoms. The van der Waals surface area contributed by atoms with E-state index in [1.165, 1.54) is 18.2 Å². The van der Waals surface area contributed by atoms with Crippen LogP contribution in [-0.4, -0.2) is 22.9 Å². The normalized spacial score (nSPS) is 18.2. The molecule has 0 spiro atoms. The number of hydrogen-bond donors (Lipinski definition) is 1. The summed E-state index contributed by atoms with van der Waals surface area (Å²) in [6.07, 6.45) is 0.142. The zero-order valence-corrected chi connectivity index (χ0v) is 10.1. The molecule has 0 aliphatic carbocycles. The molecule has 18 heavy (non-hydrogen) atoms. The van der Waals surface area contributed by atoms with E-state index in [0.717, 1.165) is 4.90 Å². The van der Waals surface area contributed by atoms with Gasteiger partial charge in [0.1, 0.15) is 0 Å². The smallest absolute Gasteiger partial charge is 0.335 e. The lowest BCUT2D eigenvalue weighted by atomic mass is 9.92. The van der Waals surface area contributed by atoms with Crippen LogP contribution in [0.2, 0.25) is 0 Å². The fourth-order valence-corrected chi connectivity index (χ4v) is 1.99. The number of rotatable bonds is 2. The maximum absolute atomic E-state index is 12.1. The van der Waals surface area contributed by atoms with Gasteiger partial charge < -0.3 is 5.11 Å². The van der Waals surface area contributed by atoms with Crippen LogP contribution in [-0.2, 0) is 9.59 Å². The molecule has 0 unspecified atom stereocenters. The number of carboxylic acid groups (broad SMARTS) is 1. The molecule has 0 atom stereocenters. The molecule has 1 N–H and O–H groups in total. The van der Waals surface area contributed by atoms with Crippen LogP contribution < -0.4 is 4.90 Å². The fraction of sp³-hybridized carbons (Fsp3) is 0.308. The van der Waals surface area contributed by atoms with Crippen LogP contribution in [0.25, 0.3) is 0 Å². The minimum atomic E-state index is -1.09. The molecule has 1 aliphatic rings. The highest BCUT2D eigenvalue weighted by molar-refractivity contribution is 6.22. The van der Waals surface area contributed by atoms with Gasteiger partial charge in [-0.25, -0.2) is 4.79 Å². The lowest BCUT2D eigenvalue weighted by Crippen LogP contribution is -2.33. The van der Waals surface area contributed by atoms with Gasteiger partial charge in [0.2, 0.25) is 11.8 Å². The van der Waals surface area contributed by atoms with Crippen molar-refractivity contribution in [1.29, 1.82) is 0 Å². The molecule has 1 fully saturated rings. The van der Waals surface area contributed by atoms with Crippen molar-refractivity contribution in [3.63, 3.8) is 0 Å². The third kappa shape index (κ3) is 1.88. The van der Waals surface area contributed by atoms with Gasteiger partial charge in [0.05, 0.1) is 16.7 Å². The first-order valence-electron chi connectivity index (χ1n) is 5.54. The van der Waals surface area contributed by atoms with E-state index in [4.69, 9.17) is 5.11 Å². The van der Waals surface area contributed by atoms with E-state index >= 15 is 0 Å². The third-order valence-corrected chi connectivity index (χ3v) is 2.98. The van der Waals surface area contributed by atoms with Crippen molar-refractivity contribution >= 4 is 23.5 Å². The monoisotopic (exact) mass is 247 g/mol. The van der Waals surface area contributed by atoms with Gasteiger partial charge in [0, 0.05) is 6.42 Å². The van der Waals surface area contributed by atoms with E-state index in [2.05, 4.69) is 0 Å². The molecule has 1 aromatic rings. The Morgan fingerprint density at radius 2 is 2.00 bits per heavy atom. The minimum absolute atomic E-state index is 0.0535. The molecular weight excluding hydrogens is 234 g/mol. The van der Waals surface area contributed by atoms with Crippen LogP contribution >= 0.6 is 0 Å². The summed E-state index contributed by atoms with van der Waals surface area (Å²) in [6.45, 7) is 3.41. The lowest BCUT2D eigenvalue weighted by molar-refractivity contribution is -0.124. The molecule has 5 nitrogen and oxygen atoms in total. The summed E-state index contributed by atoms with van der Waals surface area (Å²) in [5.74, 6) is -1.68. The Bertz CT molecular complexity index is 548. The van der Waals surface area contributed by atoms with Crippen molar-refractivity contribution in [3.8, 4) is 0 Å². The van der Waals surface area contributed by atoms with E-state index in [1.807, 2.05) is 0 Å². The van der Waals surface area contributed by atoms with Crippen molar-refractivity contribution in [2.24, 2.45) is 5.41 Å². The molecule has 0 radical (unpaired) electrons. The molecule has 0 saturated carbocycles. The minimum Gasteiger partial charge on any atom is -0.478 e. The number of imide groups is 1. The molecule has 1 saturated heterocycles. The maximum Gasteiger partial charge on any atom is 0.335 e. The molecule has 1 aromatic carbocycles. The van der Waals surface area contributed by atoms with Crippen LogP contribution in [0.15, 0.2) is 24.3 Å². The molecule has 2 rings (SSSR count). The van der Waals surface area contributed by atoms with Gasteiger partial charge in [0.25, 0.3) is 0 Å². The van der Waals surface area contributed by atoms with Crippen LogP contribution in [0.1, 0.15) is 30.6 Å². The second-order valence-corrected chi connectivity index (χ2v) is 4.95. The number of amides is 2. The number of carbonyl (C=O) groups is 3. The average molecular weight is 247 g/mol. The summed E-state index contributed by atoms with van der Waals surface area (Å²) in [6, 6.07) is 5.83. The zero-order valence-electron chi connectivity index (χ0n) is 10.1. The molecule has 2 amide bonds. The van der Waals surface area contributed by atoms with E-state index in [0.29, 0.717) is 5.69 Å². The Balaban J connectivity index is 2.44. The van der Waals surface area contributed by atoms with Crippen molar-refractivity contribution < 1.29 is 19.5 Å². The highest BCUT2D eigenvalue weighted by Gasteiger charge is 2.45.